The highest BCUT2D eigenvalue weighted by molar-refractivity contribution is 9.10. The summed E-state index contributed by atoms with van der Waals surface area (Å²) >= 11 is 3.28. The van der Waals surface area contributed by atoms with Crippen molar-refractivity contribution in [3.05, 3.63) is 58.1 Å². The Kier molecular flexibility index (Phi) is 5.41. The van der Waals surface area contributed by atoms with E-state index in [1.807, 2.05) is 0 Å². The number of hydrogen-bond donors (Lipinski definition) is 0. The zero-order chi connectivity index (χ0) is 17.2. The maximum Gasteiger partial charge on any atom is 0.168 e. The number of benzene rings is 2. The molecule has 0 bridgehead atoms. The lowest BCUT2D eigenvalue weighted by molar-refractivity contribution is 0.435. The predicted octanol–water partition coefficient (Wildman–Crippen LogP) is 5.02. The van der Waals surface area contributed by atoms with Crippen LogP contribution in [0.25, 0.3) is 0 Å². The average Bonchev–Trinajstić information content (AvgIpc) is 2.50. The first kappa shape index (κ1) is 17.9. The minimum absolute atomic E-state index is 0.0465. The molecule has 0 amide bonds. The van der Waals surface area contributed by atoms with Crippen LogP contribution in [0.3, 0.4) is 0 Å². The Labute approximate surface area is 142 Å². The molecule has 0 radical (unpaired) electrons. The van der Waals surface area contributed by atoms with Crippen molar-refractivity contribution in [2.24, 2.45) is 0 Å². The summed E-state index contributed by atoms with van der Waals surface area (Å²) < 4.78 is 56.3. The maximum absolute atomic E-state index is 13.6. The van der Waals surface area contributed by atoms with Crippen LogP contribution >= 0.6 is 15.9 Å². The normalized spacial score (nSPS) is 12.9. The molecular formula is C16H15BrF2O3S. The van der Waals surface area contributed by atoms with E-state index >= 15 is 0 Å². The molecule has 0 aliphatic rings. The van der Waals surface area contributed by atoms with Crippen molar-refractivity contribution in [2.75, 3.05) is 5.75 Å². The largest absolute Gasteiger partial charge is 0.453 e. The number of hydrogen-bond acceptors (Lipinski definition) is 3. The first-order valence-corrected chi connectivity index (χ1v) is 9.39. The second-order valence-electron chi connectivity index (χ2n) is 4.96. The van der Waals surface area contributed by atoms with Crippen molar-refractivity contribution < 1.29 is 21.9 Å². The van der Waals surface area contributed by atoms with Crippen molar-refractivity contribution in [3.8, 4) is 11.5 Å². The van der Waals surface area contributed by atoms with Gasteiger partial charge in [-0.15, -0.1) is 0 Å². The highest BCUT2D eigenvalue weighted by Crippen LogP contribution is 2.34. The summed E-state index contributed by atoms with van der Waals surface area (Å²) in [5.41, 5.74) is 0.602. The van der Waals surface area contributed by atoms with Gasteiger partial charge in [0, 0.05) is 11.8 Å². The van der Waals surface area contributed by atoms with Crippen LogP contribution in [0.5, 0.6) is 11.5 Å². The van der Waals surface area contributed by atoms with Crippen LogP contribution < -0.4 is 4.74 Å². The summed E-state index contributed by atoms with van der Waals surface area (Å²) in [6.07, 6.45) is 0. The summed E-state index contributed by atoms with van der Waals surface area (Å²) in [5.74, 6) is -1.27. The van der Waals surface area contributed by atoms with Gasteiger partial charge < -0.3 is 4.74 Å². The fourth-order valence-electron chi connectivity index (χ4n) is 1.99. The van der Waals surface area contributed by atoms with Gasteiger partial charge in [0.25, 0.3) is 0 Å². The van der Waals surface area contributed by atoms with Crippen molar-refractivity contribution in [3.63, 3.8) is 0 Å². The molecule has 0 saturated heterocycles. The molecule has 2 rings (SSSR count). The number of ether oxygens (including phenoxy) is 1. The SMILES string of the molecule is CCS(=O)(=O)[C@@H](C)c1ccc(Oc2ccc(F)cc2F)c(Br)c1. The van der Waals surface area contributed by atoms with Crippen LogP contribution in [-0.4, -0.2) is 14.2 Å². The van der Waals surface area contributed by atoms with Gasteiger partial charge in [-0.2, -0.15) is 0 Å². The summed E-state index contributed by atoms with van der Waals surface area (Å²) in [6, 6.07) is 7.79. The lowest BCUT2D eigenvalue weighted by Gasteiger charge is -2.14. The van der Waals surface area contributed by atoms with Gasteiger partial charge in [-0.1, -0.05) is 13.0 Å². The van der Waals surface area contributed by atoms with Crippen molar-refractivity contribution >= 4 is 25.8 Å². The van der Waals surface area contributed by atoms with E-state index in [-0.39, 0.29) is 11.5 Å². The molecule has 0 aromatic heterocycles. The summed E-state index contributed by atoms with van der Waals surface area (Å²) in [7, 11) is -3.21. The van der Waals surface area contributed by atoms with Crippen molar-refractivity contribution in [1.29, 1.82) is 0 Å². The molecule has 0 heterocycles. The first-order chi connectivity index (χ1) is 10.7. The van der Waals surface area contributed by atoms with Gasteiger partial charge in [-0.3, -0.25) is 0 Å². The van der Waals surface area contributed by atoms with Crippen LogP contribution in [0.2, 0.25) is 0 Å². The fraction of sp³-hybridized carbons (Fsp3) is 0.250. The van der Waals surface area contributed by atoms with E-state index in [1.165, 1.54) is 6.07 Å². The van der Waals surface area contributed by atoms with Gasteiger partial charge in [0.1, 0.15) is 11.6 Å². The topological polar surface area (TPSA) is 43.4 Å². The molecule has 23 heavy (non-hydrogen) atoms. The average molecular weight is 405 g/mol. The molecule has 124 valence electrons. The van der Waals surface area contributed by atoms with E-state index in [2.05, 4.69) is 15.9 Å². The quantitative estimate of drug-likeness (QED) is 0.702. The highest BCUT2D eigenvalue weighted by atomic mass is 79.9. The molecule has 0 saturated carbocycles. The molecule has 7 heteroatoms. The molecule has 0 unspecified atom stereocenters. The molecule has 0 aliphatic carbocycles. The Hall–Kier alpha value is -1.47. The predicted molar refractivity (Wildman–Crippen MR) is 88.4 cm³/mol. The summed E-state index contributed by atoms with van der Waals surface area (Å²) in [4.78, 5) is 0. The van der Waals surface area contributed by atoms with Crippen LogP contribution in [0.15, 0.2) is 40.9 Å². The molecule has 2 aromatic carbocycles. The highest BCUT2D eigenvalue weighted by Gasteiger charge is 2.21. The van der Waals surface area contributed by atoms with Gasteiger partial charge >= 0.3 is 0 Å². The van der Waals surface area contributed by atoms with Gasteiger partial charge in [0.05, 0.1) is 9.72 Å². The molecule has 0 N–H and O–H groups in total. The Balaban J connectivity index is 2.30. The lowest BCUT2D eigenvalue weighted by Crippen LogP contribution is -2.12. The van der Waals surface area contributed by atoms with Crippen LogP contribution in [0.4, 0.5) is 8.78 Å². The smallest absolute Gasteiger partial charge is 0.168 e. The van der Waals surface area contributed by atoms with E-state index in [0.29, 0.717) is 15.8 Å². The number of halogens is 3. The van der Waals surface area contributed by atoms with E-state index < -0.39 is 26.7 Å². The second-order valence-corrected chi connectivity index (χ2v) is 8.42. The molecule has 1 atom stereocenters. The van der Waals surface area contributed by atoms with Crippen LogP contribution in [0.1, 0.15) is 24.7 Å². The fourth-order valence-corrected chi connectivity index (χ4v) is 3.53. The molecule has 0 spiro atoms. The Bertz CT molecular complexity index is 822. The van der Waals surface area contributed by atoms with E-state index in [0.717, 1.165) is 12.1 Å². The third-order valence-corrected chi connectivity index (χ3v) is 6.25. The molecule has 0 aliphatic heterocycles. The minimum atomic E-state index is -3.21. The molecular weight excluding hydrogens is 390 g/mol. The van der Waals surface area contributed by atoms with Gasteiger partial charge in [0.2, 0.25) is 0 Å². The Morgan fingerprint density at radius 2 is 1.78 bits per heavy atom. The second kappa shape index (κ2) is 6.97. The molecule has 0 fully saturated rings. The third kappa shape index (κ3) is 4.09. The van der Waals surface area contributed by atoms with Crippen LogP contribution in [-0.2, 0) is 9.84 Å². The van der Waals surface area contributed by atoms with E-state index in [4.69, 9.17) is 4.74 Å². The summed E-state index contributed by atoms with van der Waals surface area (Å²) in [5, 5.41) is -0.652. The van der Waals surface area contributed by atoms with Gasteiger partial charge in [0.15, 0.2) is 21.4 Å². The van der Waals surface area contributed by atoms with Crippen molar-refractivity contribution in [2.45, 2.75) is 19.1 Å². The zero-order valence-corrected chi connectivity index (χ0v) is 14.9. The maximum atomic E-state index is 13.6. The van der Waals surface area contributed by atoms with E-state index in [1.54, 1.807) is 32.0 Å². The van der Waals surface area contributed by atoms with Crippen molar-refractivity contribution in [1.82, 2.24) is 0 Å². The number of rotatable bonds is 5. The third-order valence-electron chi connectivity index (χ3n) is 3.48. The van der Waals surface area contributed by atoms with Gasteiger partial charge in [-0.25, -0.2) is 17.2 Å². The lowest BCUT2D eigenvalue weighted by atomic mass is 10.1. The Morgan fingerprint density at radius 3 is 2.35 bits per heavy atom. The Morgan fingerprint density at radius 1 is 1.13 bits per heavy atom. The van der Waals surface area contributed by atoms with Crippen LogP contribution in [0, 0.1) is 11.6 Å². The van der Waals surface area contributed by atoms with E-state index in [9.17, 15) is 17.2 Å². The monoisotopic (exact) mass is 404 g/mol. The first-order valence-electron chi connectivity index (χ1n) is 6.88. The van der Waals surface area contributed by atoms with Gasteiger partial charge in [-0.05, 0) is 52.7 Å². The molecule has 2 aromatic rings. The molecule has 3 nitrogen and oxygen atoms in total. The standard InChI is InChI=1S/C16H15BrF2O3S/c1-3-23(20,21)10(2)11-4-6-15(13(17)8-11)22-16-7-5-12(18)9-14(16)19/h4-10H,3H2,1-2H3/t10-/m0/s1. The minimum Gasteiger partial charge on any atom is -0.453 e. The zero-order valence-electron chi connectivity index (χ0n) is 12.5. The number of sulfone groups is 1. The summed E-state index contributed by atoms with van der Waals surface area (Å²) in [6.45, 7) is 3.20.